The lowest BCUT2D eigenvalue weighted by atomic mass is 10.1. The average molecular weight is 321 g/mol. The summed E-state index contributed by atoms with van der Waals surface area (Å²) in [5.41, 5.74) is 1.24. The van der Waals surface area contributed by atoms with Crippen LogP contribution in [-0.4, -0.2) is 25.4 Å². The van der Waals surface area contributed by atoms with Crippen LogP contribution >= 0.6 is 0 Å². The molecule has 122 valence electrons. The fraction of sp³-hybridized carbons (Fsp3) is 0.222. The molecule has 0 aliphatic carbocycles. The van der Waals surface area contributed by atoms with Crippen molar-refractivity contribution >= 4 is 11.7 Å². The first kappa shape index (κ1) is 15.9. The summed E-state index contributed by atoms with van der Waals surface area (Å²) in [6.07, 6.45) is 7.11. The van der Waals surface area contributed by atoms with E-state index in [-0.39, 0.29) is 5.91 Å². The largest absolute Gasteiger partial charge is 0.311 e. The third-order valence-electron chi connectivity index (χ3n) is 3.70. The minimum absolute atomic E-state index is 0.0436. The molecule has 1 N–H and O–H groups in total. The first-order chi connectivity index (χ1) is 11.7. The number of nitrogens with zero attached hydrogens (tertiary/aromatic N) is 4. The van der Waals surface area contributed by atoms with Gasteiger partial charge in [-0.25, -0.2) is 15.0 Å². The molecule has 0 spiro atoms. The van der Waals surface area contributed by atoms with Crippen molar-refractivity contribution < 1.29 is 4.79 Å². The van der Waals surface area contributed by atoms with Crippen LogP contribution in [0.15, 0.2) is 55.1 Å². The third-order valence-corrected chi connectivity index (χ3v) is 3.70. The van der Waals surface area contributed by atoms with Crippen molar-refractivity contribution in [2.24, 2.45) is 0 Å². The Kier molecular flexibility index (Phi) is 4.96. The number of aromatic nitrogens is 4. The van der Waals surface area contributed by atoms with Crippen LogP contribution in [0.1, 0.15) is 24.2 Å². The number of hydrogen-bond donors (Lipinski definition) is 1. The van der Waals surface area contributed by atoms with Gasteiger partial charge in [0.15, 0.2) is 0 Å². The van der Waals surface area contributed by atoms with E-state index in [0.29, 0.717) is 18.1 Å². The summed E-state index contributed by atoms with van der Waals surface area (Å²) in [7, 11) is 0. The Labute approximate surface area is 140 Å². The average Bonchev–Trinajstić information content (AvgIpc) is 3.02. The molecule has 0 aliphatic rings. The van der Waals surface area contributed by atoms with Gasteiger partial charge in [0.1, 0.15) is 23.8 Å². The molecule has 2 heterocycles. The van der Waals surface area contributed by atoms with Crippen molar-refractivity contribution in [3.63, 3.8) is 0 Å². The Hall–Kier alpha value is -3.02. The Morgan fingerprint density at radius 3 is 2.75 bits per heavy atom. The number of nitrogens with one attached hydrogen (secondary N) is 1. The highest BCUT2D eigenvalue weighted by Gasteiger charge is 2.07. The molecular weight excluding hydrogens is 302 g/mol. The predicted molar refractivity (Wildman–Crippen MR) is 91.9 cm³/mol. The van der Waals surface area contributed by atoms with Crippen LogP contribution in [0.2, 0.25) is 0 Å². The Morgan fingerprint density at radius 2 is 2.00 bits per heavy atom. The maximum atomic E-state index is 12.1. The molecule has 0 bridgehead atoms. The second-order valence-electron chi connectivity index (χ2n) is 5.49. The minimum atomic E-state index is -0.0436. The van der Waals surface area contributed by atoms with Gasteiger partial charge in [-0.15, -0.1) is 0 Å². The Bertz CT molecular complexity index is 813. The normalized spacial score (nSPS) is 10.5. The number of carbonyl (C=O) groups is 1. The molecular formula is C18H19N5O. The number of carbonyl (C=O) groups excluding carboxylic acids is 1. The number of anilines is 1. The lowest BCUT2D eigenvalue weighted by Gasteiger charge is -2.07. The molecule has 2 aromatic heterocycles. The molecule has 0 unspecified atom stereocenters. The smallest absolute Gasteiger partial charge is 0.225 e. The third kappa shape index (κ3) is 4.04. The highest BCUT2D eigenvalue weighted by atomic mass is 16.1. The van der Waals surface area contributed by atoms with E-state index in [9.17, 15) is 4.79 Å². The highest BCUT2D eigenvalue weighted by Crippen LogP contribution is 2.12. The van der Waals surface area contributed by atoms with E-state index in [1.165, 1.54) is 11.9 Å². The van der Waals surface area contributed by atoms with Crippen molar-refractivity contribution in [2.45, 2.75) is 26.2 Å². The minimum Gasteiger partial charge on any atom is -0.311 e. The molecule has 0 radical (unpaired) electrons. The molecule has 1 aromatic carbocycles. The second-order valence-corrected chi connectivity index (χ2v) is 5.49. The SMILES string of the molecule is Cc1nccn1-c1cc(NC(=O)CCCc2ccccc2)ncn1. The van der Waals surface area contributed by atoms with Crippen molar-refractivity contribution in [3.05, 3.63) is 66.5 Å². The zero-order chi connectivity index (χ0) is 16.8. The van der Waals surface area contributed by atoms with E-state index in [2.05, 4.69) is 32.4 Å². The van der Waals surface area contributed by atoms with Crippen LogP contribution in [0.3, 0.4) is 0 Å². The van der Waals surface area contributed by atoms with Gasteiger partial charge in [-0.1, -0.05) is 30.3 Å². The summed E-state index contributed by atoms with van der Waals surface area (Å²) in [5.74, 6) is 1.96. The van der Waals surface area contributed by atoms with E-state index in [1.807, 2.05) is 35.9 Å². The number of aryl methyl sites for hydroxylation is 2. The van der Waals surface area contributed by atoms with E-state index in [4.69, 9.17) is 0 Å². The molecule has 0 saturated heterocycles. The first-order valence-electron chi connectivity index (χ1n) is 7.88. The van der Waals surface area contributed by atoms with E-state index in [0.717, 1.165) is 18.7 Å². The van der Waals surface area contributed by atoms with Crippen LogP contribution in [0, 0.1) is 6.92 Å². The van der Waals surface area contributed by atoms with E-state index >= 15 is 0 Å². The quantitative estimate of drug-likeness (QED) is 0.757. The topological polar surface area (TPSA) is 72.7 Å². The van der Waals surface area contributed by atoms with Crippen LogP contribution in [0.4, 0.5) is 5.82 Å². The van der Waals surface area contributed by atoms with Crippen LogP contribution in [-0.2, 0) is 11.2 Å². The number of amides is 1. The van der Waals surface area contributed by atoms with E-state index < -0.39 is 0 Å². The summed E-state index contributed by atoms with van der Waals surface area (Å²) in [6, 6.07) is 11.9. The van der Waals surface area contributed by atoms with Crippen molar-refractivity contribution in [1.29, 1.82) is 0 Å². The molecule has 3 aromatic rings. The molecule has 24 heavy (non-hydrogen) atoms. The molecule has 0 atom stereocenters. The molecule has 0 aliphatic heterocycles. The summed E-state index contributed by atoms with van der Waals surface area (Å²) in [4.78, 5) is 24.6. The van der Waals surface area contributed by atoms with Crippen molar-refractivity contribution in [1.82, 2.24) is 19.5 Å². The van der Waals surface area contributed by atoms with Crippen LogP contribution in [0.5, 0.6) is 0 Å². The van der Waals surface area contributed by atoms with Gasteiger partial charge in [-0.2, -0.15) is 0 Å². The fourth-order valence-electron chi connectivity index (χ4n) is 2.47. The van der Waals surface area contributed by atoms with Crippen molar-refractivity contribution in [3.8, 4) is 5.82 Å². The fourth-order valence-corrected chi connectivity index (χ4v) is 2.47. The summed E-state index contributed by atoms with van der Waals surface area (Å²) >= 11 is 0. The van der Waals surface area contributed by atoms with E-state index in [1.54, 1.807) is 12.3 Å². The Morgan fingerprint density at radius 1 is 1.17 bits per heavy atom. The first-order valence-corrected chi connectivity index (χ1v) is 7.88. The van der Waals surface area contributed by atoms with Gasteiger partial charge in [-0.05, 0) is 25.3 Å². The van der Waals surface area contributed by atoms with Gasteiger partial charge < -0.3 is 5.32 Å². The lowest BCUT2D eigenvalue weighted by Crippen LogP contribution is -2.13. The number of hydrogen-bond acceptors (Lipinski definition) is 4. The molecule has 6 heteroatoms. The molecule has 0 fully saturated rings. The zero-order valence-corrected chi connectivity index (χ0v) is 13.5. The number of rotatable bonds is 6. The predicted octanol–water partition coefficient (Wildman–Crippen LogP) is 2.93. The molecule has 6 nitrogen and oxygen atoms in total. The number of imidazole rings is 1. The standard InChI is InChI=1S/C18H19N5O/c1-14-19-10-11-23(14)17-12-16(20-13-21-17)22-18(24)9-5-8-15-6-3-2-4-7-15/h2-4,6-7,10-13H,5,8-9H2,1H3,(H,20,21,22,24). The zero-order valence-electron chi connectivity index (χ0n) is 13.5. The van der Waals surface area contributed by atoms with Gasteiger partial charge in [0.25, 0.3) is 0 Å². The van der Waals surface area contributed by atoms with Crippen LogP contribution in [0.25, 0.3) is 5.82 Å². The second kappa shape index (κ2) is 7.50. The van der Waals surface area contributed by atoms with Gasteiger partial charge in [0.2, 0.25) is 5.91 Å². The van der Waals surface area contributed by atoms with Crippen molar-refractivity contribution in [2.75, 3.05) is 5.32 Å². The maximum absolute atomic E-state index is 12.1. The summed E-state index contributed by atoms with van der Waals surface area (Å²) < 4.78 is 1.84. The molecule has 0 saturated carbocycles. The summed E-state index contributed by atoms with van der Waals surface area (Å²) in [5, 5.41) is 2.83. The number of benzene rings is 1. The lowest BCUT2D eigenvalue weighted by molar-refractivity contribution is -0.116. The van der Waals surface area contributed by atoms with Gasteiger partial charge in [0.05, 0.1) is 0 Å². The van der Waals surface area contributed by atoms with Crippen LogP contribution < -0.4 is 5.32 Å². The maximum Gasteiger partial charge on any atom is 0.225 e. The monoisotopic (exact) mass is 321 g/mol. The molecule has 1 amide bonds. The molecule has 3 rings (SSSR count). The van der Waals surface area contributed by atoms with Gasteiger partial charge in [-0.3, -0.25) is 9.36 Å². The van der Waals surface area contributed by atoms with Gasteiger partial charge >= 0.3 is 0 Å². The Balaban J connectivity index is 1.56. The highest BCUT2D eigenvalue weighted by molar-refractivity contribution is 5.89. The van der Waals surface area contributed by atoms with Gasteiger partial charge in [0, 0.05) is 24.9 Å². The summed E-state index contributed by atoms with van der Waals surface area (Å²) in [6.45, 7) is 1.89.